The van der Waals surface area contributed by atoms with Crippen LogP contribution in [0.3, 0.4) is 0 Å². The molecule has 0 aromatic carbocycles. The third-order valence-electron chi connectivity index (χ3n) is 3.37. The minimum absolute atomic E-state index is 0.0763. The highest BCUT2D eigenvalue weighted by atomic mass is 16.1. The zero-order valence-electron chi connectivity index (χ0n) is 11.9. The van der Waals surface area contributed by atoms with Gasteiger partial charge in [0.1, 0.15) is 5.69 Å². The number of nitrogens with zero attached hydrogens (tertiary/aromatic N) is 2. The Balaban J connectivity index is 2.03. The van der Waals surface area contributed by atoms with Crippen LogP contribution in [0.15, 0.2) is 18.3 Å². The molecule has 4 heteroatoms. The molecule has 1 fully saturated rings. The van der Waals surface area contributed by atoms with Crippen molar-refractivity contribution in [1.82, 2.24) is 10.3 Å². The fraction of sp³-hybridized carbons (Fsp3) is 0.600. The maximum atomic E-state index is 12.0. The monoisotopic (exact) mass is 261 g/mol. The highest BCUT2D eigenvalue weighted by molar-refractivity contribution is 5.93. The molecule has 104 valence electrons. The fourth-order valence-corrected chi connectivity index (χ4v) is 2.28. The molecule has 1 aliphatic rings. The van der Waals surface area contributed by atoms with E-state index in [1.807, 2.05) is 12.1 Å². The van der Waals surface area contributed by atoms with Crippen LogP contribution in [0.4, 0.5) is 5.69 Å². The van der Waals surface area contributed by atoms with Crippen molar-refractivity contribution in [1.29, 1.82) is 0 Å². The molecule has 1 aliphatic heterocycles. The van der Waals surface area contributed by atoms with Gasteiger partial charge in [-0.05, 0) is 37.3 Å². The summed E-state index contributed by atoms with van der Waals surface area (Å²) >= 11 is 0. The van der Waals surface area contributed by atoms with Crippen LogP contribution in [0.25, 0.3) is 0 Å². The Labute approximate surface area is 115 Å². The lowest BCUT2D eigenvalue weighted by atomic mass is 10.1. The summed E-state index contributed by atoms with van der Waals surface area (Å²) in [5.74, 6) is 0.377. The van der Waals surface area contributed by atoms with Crippen molar-refractivity contribution in [2.75, 3.05) is 24.5 Å². The number of carbonyl (C=O) groups excluding carboxylic acids is 1. The van der Waals surface area contributed by atoms with Gasteiger partial charge >= 0.3 is 0 Å². The molecule has 0 aliphatic carbocycles. The molecule has 0 radical (unpaired) electrons. The van der Waals surface area contributed by atoms with E-state index in [0.717, 1.165) is 18.8 Å². The third-order valence-corrected chi connectivity index (χ3v) is 3.37. The van der Waals surface area contributed by atoms with Crippen LogP contribution in [0.2, 0.25) is 0 Å². The van der Waals surface area contributed by atoms with E-state index in [4.69, 9.17) is 0 Å². The summed E-state index contributed by atoms with van der Waals surface area (Å²) in [6.07, 6.45) is 5.51. The van der Waals surface area contributed by atoms with Crippen molar-refractivity contribution < 1.29 is 4.79 Å². The Morgan fingerprint density at radius 3 is 2.79 bits per heavy atom. The number of carbonyl (C=O) groups is 1. The van der Waals surface area contributed by atoms with E-state index in [2.05, 4.69) is 29.0 Å². The Morgan fingerprint density at radius 1 is 1.37 bits per heavy atom. The predicted molar refractivity (Wildman–Crippen MR) is 77.5 cm³/mol. The van der Waals surface area contributed by atoms with E-state index in [1.165, 1.54) is 19.3 Å². The van der Waals surface area contributed by atoms with Crippen LogP contribution in [0.1, 0.15) is 43.6 Å². The predicted octanol–water partition coefficient (Wildman–Crippen LogP) is 2.46. The van der Waals surface area contributed by atoms with Crippen molar-refractivity contribution in [3.8, 4) is 0 Å². The molecular formula is C15H23N3O. The van der Waals surface area contributed by atoms with E-state index < -0.39 is 0 Å². The average molecular weight is 261 g/mol. The third kappa shape index (κ3) is 3.94. The highest BCUT2D eigenvalue weighted by Gasteiger charge is 2.14. The number of hydrogen-bond acceptors (Lipinski definition) is 3. The molecule has 0 saturated carbocycles. The SMILES string of the molecule is CC(C)CNC(=O)c1cc(N2CCCCC2)ccn1. The standard InChI is InChI=1S/C15H23N3O/c1-12(2)11-17-15(19)14-10-13(6-7-16-14)18-8-4-3-5-9-18/h6-7,10,12H,3-5,8-9,11H2,1-2H3,(H,17,19). The maximum Gasteiger partial charge on any atom is 0.269 e. The van der Waals surface area contributed by atoms with Gasteiger partial charge in [0.05, 0.1) is 0 Å². The van der Waals surface area contributed by atoms with Crippen molar-refractivity contribution in [3.05, 3.63) is 24.0 Å². The van der Waals surface area contributed by atoms with Crippen molar-refractivity contribution in [3.63, 3.8) is 0 Å². The van der Waals surface area contributed by atoms with E-state index in [1.54, 1.807) is 6.20 Å². The number of amides is 1. The van der Waals surface area contributed by atoms with Crippen LogP contribution >= 0.6 is 0 Å². The van der Waals surface area contributed by atoms with Gasteiger partial charge in [-0.1, -0.05) is 13.8 Å². The molecule has 1 aromatic rings. The lowest BCUT2D eigenvalue weighted by Gasteiger charge is -2.28. The Kier molecular flexibility index (Phi) is 4.77. The largest absolute Gasteiger partial charge is 0.371 e. The number of hydrogen-bond donors (Lipinski definition) is 1. The number of aromatic nitrogens is 1. The molecule has 4 nitrogen and oxygen atoms in total. The number of piperidine rings is 1. The Hall–Kier alpha value is -1.58. The first-order chi connectivity index (χ1) is 9.16. The lowest BCUT2D eigenvalue weighted by molar-refractivity contribution is 0.0944. The zero-order chi connectivity index (χ0) is 13.7. The molecule has 1 saturated heterocycles. The van der Waals surface area contributed by atoms with Crippen molar-refractivity contribution in [2.24, 2.45) is 5.92 Å². The summed E-state index contributed by atoms with van der Waals surface area (Å²) in [5.41, 5.74) is 1.63. The average Bonchev–Trinajstić information content (AvgIpc) is 2.46. The zero-order valence-corrected chi connectivity index (χ0v) is 11.9. The summed E-state index contributed by atoms with van der Waals surface area (Å²) in [6, 6.07) is 3.89. The second-order valence-corrected chi connectivity index (χ2v) is 5.55. The molecule has 1 amide bonds. The number of rotatable bonds is 4. The summed E-state index contributed by atoms with van der Waals surface area (Å²) < 4.78 is 0. The van der Waals surface area contributed by atoms with Gasteiger partial charge in [-0.3, -0.25) is 9.78 Å². The fourth-order valence-electron chi connectivity index (χ4n) is 2.28. The quantitative estimate of drug-likeness (QED) is 0.905. The van der Waals surface area contributed by atoms with Crippen LogP contribution in [-0.2, 0) is 0 Å². The van der Waals surface area contributed by atoms with Crippen molar-refractivity contribution >= 4 is 11.6 Å². The van der Waals surface area contributed by atoms with Crippen LogP contribution in [-0.4, -0.2) is 30.5 Å². The summed E-state index contributed by atoms with van der Waals surface area (Å²) in [5, 5.41) is 2.91. The second kappa shape index (κ2) is 6.55. The molecule has 0 bridgehead atoms. The van der Waals surface area contributed by atoms with Gasteiger partial charge in [0.25, 0.3) is 5.91 Å². The summed E-state index contributed by atoms with van der Waals surface area (Å²) in [4.78, 5) is 18.5. The first-order valence-electron chi connectivity index (χ1n) is 7.16. The normalized spacial score (nSPS) is 15.6. The molecule has 0 unspecified atom stereocenters. The molecule has 1 N–H and O–H groups in total. The Morgan fingerprint density at radius 2 is 2.11 bits per heavy atom. The molecule has 19 heavy (non-hydrogen) atoms. The van der Waals surface area contributed by atoms with Gasteiger partial charge in [-0.2, -0.15) is 0 Å². The minimum Gasteiger partial charge on any atom is -0.371 e. The number of pyridine rings is 1. The number of nitrogens with one attached hydrogen (secondary N) is 1. The highest BCUT2D eigenvalue weighted by Crippen LogP contribution is 2.19. The lowest BCUT2D eigenvalue weighted by Crippen LogP contribution is -2.31. The molecule has 2 rings (SSSR count). The van der Waals surface area contributed by atoms with Crippen molar-refractivity contribution in [2.45, 2.75) is 33.1 Å². The molecule has 0 atom stereocenters. The first-order valence-corrected chi connectivity index (χ1v) is 7.16. The van der Waals surface area contributed by atoms with Crippen LogP contribution in [0, 0.1) is 5.92 Å². The van der Waals surface area contributed by atoms with Gasteiger partial charge in [0.15, 0.2) is 0 Å². The van der Waals surface area contributed by atoms with E-state index in [9.17, 15) is 4.79 Å². The van der Waals surface area contributed by atoms with Gasteiger partial charge in [-0.15, -0.1) is 0 Å². The van der Waals surface area contributed by atoms with Crippen LogP contribution in [0.5, 0.6) is 0 Å². The second-order valence-electron chi connectivity index (χ2n) is 5.55. The van der Waals surface area contributed by atoms with E-state index in [-0.39, 0.29) is 5.91 Å². The smallest absolute Gasteiger partial charge is 0.269 e. The Bertz CT molecular complexity index is 425. The molecular weight excluding hydrogens is 238 g/mol. The molecule has 2 heterocycles. The first kappa shape index (κ1) is 13.8. The van der Waals surface area contributed by atoms with Gasteiger partial charge in [-0.25, -0.2) is 0 Å². The topological polar surface area (TPSA) is 45.2 Å². The van der Waals surface area contributed by atoms with Gasteiger partial charge in [0.2, 0.25) is 0 Å². The summed E-state index contributed by atoms with van der Waals surface area (Å²) in [7, 11) is 0. The summed E-state index contributed by atoms with van der Waals surface area (Å²) in [6.45, 7) is 7.01. The van der Waals surface area contributed by atoms with E-state index >= 15 is 0 Å². The van der Waals surface area contributed by atoms with Crippen LogP contribution < -0.4 is 10.2 Å². The van der Waals surface area contributed by atoms with E-state index in [0.29, 0.717) is 18.2 Å². The van der Waals surface area contributed by atoms with Gasteiger partial charge in [0, 0.05) is 31.5 Å². The minimum atomic E-state index is -0.0763. The molecule has 0 spiro atoms. The number of anilines is 1. The molecule has 1 aromatic heterocycles. The van der Waals surface area contributed by atoms with Gasteiger partial charge < -0.3 is 10.2 Å². The maximum absolute atomic E-state index is 12.0.